The molecule has 0 atom stereocenters. The van der Waals surface area contributed by atoms with Crippen LogP contribution in [0.15, 0.2) is 24.3 Å². The Bertz CT molecular complexity index is 251. The summed E-state index contributed by atoms with van der Waals surface area (Å²) in [6, 6.07) is 5.75. The van der Waals surface area contributed by atoms with Gasteiger partial charge in [0, 0.05) is 6.07 Å². The van der Waals surface area contributed by atoms with Gasteiger partial charge >= 0.3 is 0 Å². The smallest absolute Gasteiger partial charge is 0.272 e. The van der Waals surface area contributed by atoms with Crippen LogP contribution in [0.5, 0.6) is 11.5 Å². The fraction of sp³-hybridized carbons (Fsp3) is 0.250. The lowest BCUT2D eigenvalue weighted by Gasteiger charge is -2.04. The zero-order chi connectivity index (χ0) is 8.97. The summed E-state index contributed by atoms with van der Waals surface area (Å²) in [5, 5.41) is 8.91. The third-order valence-electron chi connectivity index (χ3n) is 1.19. The lowest BCUT2D eigenvalue weighted by Crippen LogP contribution is -2.06. The lowest BCUT2D eigenvalue weighted by atomic mass is 10.3. The summed E-state index contributed by atoms with van der Waals surface area (Å²) in [5.74, 6) is 0.247. The van der Waals surface area contributed by atoms with Gasteiger partial charge in [-0.05, 0) is 12.1 Å². The molecule has 0 heterocycles. The highest BCUT2D eigenvalue weighted by Gasteiger charge is 2.03. The van der Waals surface area contributed by atoms with E-state index in [1.54, 1.807) is 0 Å². The first-order chi connectivity index (χ1) is 5.68. The second kappa shape index (κ2) is 3.90. The first-order valence-electron chi connectivity index (χ1n) is 3.38. The van der Waals surface area contributed by atoms with Gasteiger partial charge in [0.2, 0.25) is 0 Å². The maximum absolute atomic E-state index is 11.6. The molecular weight excluding hydrogens is 166 g/mol. The van der Waals surface area contributed by atoms with Crippen LogP contribution in [0.3, 0.4) is 0 Å². The molecule has 0 radical (unpaired) electrons. The number of aromatic hydroxyl groups is 1. The van der Waals surface area contributed by atoms with Gasteiger partial charge in [-0.15, -0.1) is 0 Å². The Balaban J connectivity index is 2.52. The van der Waals surface area contributed by atoms with Gasteiger partial charge in [0.25, 0.3) is 6.43 Å². The van der Waals surface area contributed by atoms with E-state index in [9.17, 15) is 8.78 Å². The summed E-state index contributed by atoms with van der Waals surface area (Å²) in [5.41, 5.74) is 0. The molecule has 0 fully saturated rings. The molecule has 1 rings (SSSR count). The predicted molar refractivity (Wildman–Crippen MR) is 39.6 cm³/mol. The van der Waals surface area contributed by atoms with Gasteiger partial charge in [-0.2, -0.15) is 0 Å². The molecular formula is C8H8F2O2. The number of halogens is 2. The molecule has 0 aliphatic rings. The van der Waals surface area contributed by atoms with Gasteiger partial charge in [-0.3, -0.25) is 0 Å². The van der Waals surface area contributed by atoms with Crippen LogP contribution < -0.4 is 4.74 Å². The van der Waals surface area contributed by atoms with E-state index in [0.717, 1.165) is 0 Å². The third-order valence-corrected chi connectivity index (χ3v) is 1.19. The minimum absolute atomic E-state index is 0.00164. The van der Waals surface area contributed by atoms with Crippen molar-refractivity contribution in [2.45, 2.75) is 6.43 Å². The highest BCUT2D eigenvalue weighted by atomic mass is 19.3. The molecule has 0 saturated heterocycles. The molecule has 66 valence electrons. The summed E-state index contributed by atoms with van der Waals surface area (Å²) in [6.07, 6.45) is -2.49. The molecule has 0 spiro atoms. The normalized spacial score (nSPS) is 10.2. The molecule has 0 aliphatic carbocycles. The van der Waals surface area contributed by atoms with Crippen molar-refractivity contribution < 1.29 is 18.6 Å². The van der Waals surface area contributed by atoms with Crippen molar-refractivity contribution >= 4 is 0 Å². The van der Waals surface area contributed by atoms with Crippen molar-refractivity contribution in [2.75, 3.05) is 6.61 Å². The summed E-state index contributed by atoms with van der Waals surface area (Å²) < 4.78 is 27.9. The maximum atomic E-state index is 11.6. The maximum Gasteiger partial charge on any atom is 0.272 e. The van der Waals surface area contributed by atoms with Crippen molar-refractivity contribution in [1.29, 1.82) is 0 Å². The zero-order valence-corrected chi connectivity index (χ0v) is 6.21. The fourth-order valence-corrected chi connectivity index (χ4v) is 0.733. The number of hydrogen-bond acceptors (Lipinski definition) is 2. The second-order valence-corrected chi connectivity index (χ2v) is 2.20. The van der Waals surface area contributed by atoms with E-state index in [4.69, 9.17) is 5.11 Å². The molecule has 4 heteroatoms. The van der Waals surface area contributed by atoms with Gasteiger partial charge in [0.05, 0.1) is 0 Å². The molecule has 0 unspecified atom stereocenters. The molecule has 2 nitrogen and oxygen atoms in total. The van der Waals surface area contributed by atoms with Crippen LogP contribution in [0.2, 0.25) is 0 Å². The first-order valence-corrected chi connectivity index (χ1v) is 3.38. The van der Waals surface area contributed by atoms with Crippen molar-refractivity contribution in [3.05, 3.63) is 24.3 Å². The Labute approximate surface area is 68.4 Å². The second-order valence-electron chi connectivity index (χ2n) is 2.20. The molecule has 0 aromatic heterocycles. The fourth-order valence-electron chi connectivity index (χ4n) is 0.733. The van der Waals surface area contributed by atoms with Gasteiger partial charge in [-0.25, -0.2) is 8.78 Å². The molecule has 1 aromatic carbocycles. The summed E-state index contributed by atoms with van der Waals surface area (Å²) in [4.78, 5) is 0. The standard InChI is InChI=1S/C8H8F2O2/c9-8(10)5-12-7-3-1-2-6(11)4-7/h1-4,8,11H,5H2. The van der Waals surface area contributed by atoms with E-state index in [0.29, 0.717) is 0 Å². The highest BCUT2D eigenvalue weighted by Crippen LogP contribution is 2.17. The number of ether oxygens (including phenoxy) is 1. The Morgan fingerprint density at radius 2 is 2.17 bits per heavy atom. The quantitative estimate of drug-likeness (QED) is 0.759. The van der Waals surface area contributed by atoms with E-state index >= 15 is 0 Å². The molecule has 12 heavy (non-hydrogen) atoms. The lowest BCUT2D eigenvalue weighted by molar-refractivity contribution is 0.0818. The van der Waals surface area contributed by atoms with Crippen molar-refractivity contribution in [3.63, 3.8) is 0 Å². The summed E-state index contributed by atoms with van der Waals surface area (Å²) in [6.45, 7) is -0.649. The Kier molecular flexibility index (Phi) is 2.85. The van der Waals surface area contributed by atoms with Gasteiger partial charge in [0.15, 0.2) is 0 Å². The molecule has 1 N–H and O–H groups in total. The molecule has 0 aliphatic heterocycles. The van der Waals surface area contributed by atoms with Gasteiger partial charge in [0.1, 0.15) is 18.1 Å². The van der Waals surface area contributed by atoms with Crippen LogP contribution >= 0.6 is 0 Å². The van der Waals surface area contributed by atoms with E-state index < -0.39 is 13.0 Å². The SMILES string of the molecule is Oc1cccc(OCC(F)F)c1. The largest absolute Gasteiger partial charge is 0.508 e. The van der Waals surface area contributed by atoms with E-state index in [-0.39, 0.29) is 11.5 Å². The molecule has 0 amide bonds. The van der Waals surface area contributed by atoms with Crippen LogP contribution in [-0.2, 0) is 0 Å². The highest BCUT2D eigenvalue weighted by molar-refractivity contribution is 5.31. The minimum atomic E-state index is -2.49. The Morgan fingerprint density at radius 1 is 1.42 bits per heavy atom. The topological polar surface area (TPSA) is 29.5 Å². The number of hydrogen-bond donors (Lipinski definition) is 1. The van der Waals surface area contributed by atoms with Gasteiger partial charge < -0.3 is 9.84 Å². The minimum Gasteiger partial charge on any atom is -0.508 e. The number of phenolic OH excluding ortho intramolecular Hbond substituents is 1. The monoisotopic (exact) mass is 174 g/mol. The van der Waals surface area contributed by atoms with Crippen molar-refractivity contribution in [1.82, 2.24) is 0 Å². The van der Waals surface area contributed by atoms with Crippen LogP contribution in [0, 0.1) is 0 Å². The summed E-state index contributed by atoms with van der Waals surface area (Å²) in [7, 11) is 0. The number of benzene rings is 1. The first kappa shape index (κ1) is 8.77. The van der Waals surface area contributed by atoms with Crippen LogP contribution in [0.4, 0.5) is 8.78 Å². The average Bonchev–Trinajstić information content (AvgIpc) is 2.01. The number of alkyl halides is 2. The van der Waals surface area contributed by atoms with Crippen LogP contribution in [-0.4, -0.2) is 18.1 Å². The Hall–Kier alpha value is -1.32. The van der Waals surface area contributed by atoms with E-state index in [1.165, 1.54) is 24.3 Å². The van der Waals surface area contributed by atoms with Crippen LogP contribution in [0.25, 0.3) is 0 Å². The molecule has 1 aromatic rings. The van der Waals surface area contributed by atoms with Gasteiger partial charge in [-0.1, -0.05) is 6.07 Å². The number of rotatable bonds is 3. The van der Waals surface area contributed by atoms with E-state index in [1.807, 2.05) is 0 Å². The molecule has 0 bridgehead atoms. The zero-order valence-electron chi connectivity index (χ0n) is 6.21. The predicted octanol–water partition coefficient (Wildman–Crippen LogP) is 2.04. The molecule has 0 saturated carbocycles. The van der Waals surface area contributed by atoms with E-state index in [2.05, 4.69) is 4.74 Å². The number of phenols is 1. The van der Waals surface area contributed by atoms with Crippen molar-refractivity contribution in [3.8, 4) is 11.5 Å². The van der Waals surface area contributed by atoms with Crippen molar-refractivity contribution in [2.24, 2.45) is 0 Å². The Morgan fingerprint density at radius 3 is 2.75 bits per heavy atom. The van der Waals surface area contributed by atoms with Crippen LogP contribution in [0.1, 0.15) is 0 Å². The average molecular weight is 174 g/mol. The third kappa shape index (κ3) is 2.74. The summed E-state index contributed by atoms with van der Waals surface area (Å²) >= 11 is 0.